The van der Waals surface area contributed by atoms with E-state index in [2.05, 4.69) is 20.9 Å². The number of aliphatic hydroxyl groups is 1. The van der Waals surface area contributed by atoms with Gasteiger partial charge in [0, 0.05) is 17.8 Å². The average Bonchev–Trinajstić information content (AvgIpc) is 3.07. The molecule has 0 aliphatic heterocycles. The maximum Gasteiger partial charge on any atom is 0.405 e. The summed E-state index contributed by atoms with van der Waals surface area (Å²) in [4.78, 5) is 42.9. The third-order valence-electron chi connectivity index (χ3n) is 8.53. The lowest BCUT2D eigenvalue weighted by Gasteiger charge is -2.33. The van der Waals surface area contributed by atoms with Crippen LogP contribution in [0.4, 0.5) is 4.79 Å². The Morgan fingerprint density at radius 1 is 0.780 bits per heavy atom. The molecule has 0 saturated carbocycles. The molecule has 4 aromatic rings. The fourth-order valence-electron chi connectivity index (χ4n) is 5.93. The monoisotopic (exact) mass is 680 g/mol. The highest BCUT2D eigenvalue weighted by Crippen LogP contribution is 2.24. The van der Waals surface area contributed by atoms with Crippen molar-refractivity contribution in [1.82, 2.24) is 20.9 Å². The van der Waals surface area contributed by atoms with Crippen molar-refractivity contribution >= 4 is 17.9 Å². The second-order valence-corrected chi connectivity index (χ2v) is 13.7. The van der Waals surface area contributed by atoms with E-state index in [4.69, 9.17) is 4.74 Å². The van der Waals surface area contributed by atoms with E-state index < -0.39 is 41.6 Å². The van der Waals surface area contributed by atoms with Crippen molar-refractivity contribution in [2.75, 3.05) is 6.61 Å². The highest BCUT2D eigenvalue weighted by molar-refractivity contribution is 5.86. The number of carboxylic acid groups (broad SMARTS) is 1. The number of para-hydroxylation sites is 1. The Morgan fingerprint density at radius 3 is 2.02 bits per heavy atom. The van der Waals surface area contributed by atoms with Crippen molar-refractivity contribution in [3.05, 3.63) is 119 Å². The van der Waals surface area contributed by atoms with Gasteiger partial charge >= 0.3 is 6.09 Å². The number of rotatable bonds is 15. The number of ether oxygens (including phenoxy) is 1. The first kappa shape index (κ1) is 37.6. The molecule has 0 unspecified atom stereocenters. The van der Waals surface area contributed by atoms with Crippen molar-refractivity contribution in [3.8, 4) is 17.0 Å². The van der Waals surface area contributed by atoms with Gasteiger partial charge in [0.15, 0.2) is 6.61 Å². The number of benzene rings is 3. The number of carbonyl (C=O) groups excluding carboxylic acids is 2. The van der Waals surface area contributed by atoms with Gasteiger partial charge in [-0.3, -0.25) is 14.6 Å². The molecule has 0 radical (unpaired) electrons. The summed E-state index contributed by atoms with van der Waals surface area (Å²) in [5, 5.41) is 29.6. The highest BCUT2D eigenvalue weighted by atomic mass is 16.5. The van der Waals surface area contributed by atoms with Crippen LogP contribution in [-0.2, 0) is 22.4 Å². The summed E-state index contributed by atoms with van der Waals surface area (Å²) in [5.74, 6) is -0.243. The molecule has 3 amide bonds. The van der Waals surface area contributed by atoms with E-state index in [1.165, 1.54) is 0 Å². The van der Waals surface area contributed by atoms with Crippen LogP contribution >= 0.6 is 0 Å². The Kier molecular flexibility index (Phi) is 13.1. The van der Waals surface area contributed by atoms with E-state index in [1.807, 2.05) is 105 Å². The number of hydrogen-bond donors (Lipinski definition) is 5. The molecular formula is C40H48N4O6. The van der Waals surface area contributed by atoms with Crippen LogP contribution in [0.1, 0.15) is 49.4 Å². The molecule has 5 N–H and O–H groups in total. The second-order valence-electron chi connectivity index (χ2n) is 13.7. The summed E-state index contributed by atoms with van der Waals surface area (Å²) in [6.45, 7) is 8.93. The van der Waals surface area contributed by atoms with E-state index in [9.17, 15) is 24.6 Å². The summed E-state index contributed by atoms with van der Waals surface area (Å²) in [5.41, 5.74) is 4.64. The smallest absolute Gasteiger partial charge is 0.405 e. The number of aromatic nitrogens is 1. The van der Waals surface area contributed by atoms with Crippen LogP contribution < -0.4 is 20.7 Å². The summed E-state index contributed by atoms with van der Waals surface area (Å²) in [7, 11) is 0. The van der Waals surface area contributed by atoms with Crippen LogP contribution in [0.3, 0.4) is 0 Å². The van der Waals surface area contributed by atoms with Crippen molar-refractivity contribution in [2.24, 2.45) is 5.41 Å². The van der Waals surface area contributed by atoms with Gasteiger partial charge in [0.1, 0.15) is 11.8 Å². The van der Waals surface area contributed by atoms with E-state index in [0.29, 0.717) is 12.2 Å². The highest BCUT2D eigenvalue weighted by Gasteiger charge is 2.35. The summed E-state index contributed by atoms with van der Waals surface area (Å²) < 4.78 is 5.91. The lowest BCUT2D eigenvalue weighted by molar-refractivity contribution is -0.127. The van der Waals surface area contributed by atoms with Crippen LogP contribution in [0, 0.1) is 19.3 Å². The van der Waals surface area contributed by atoms with Gasteiger partial charge in [-0.25, -0.2) is 4.79 Å². The molecule has 264 valence electrons. The molecule has 0 saturated heterocycles. The number of aliphatic hydroxyl groups excluding tert-OH is 1. The normalized spacial score (nSPS) is 13.7. The molecule has 1 aromatic heterocycles. The van der Waals surface area contributed by atoms with Gasteiger partial charge < -0.3 is 30.9 Å². The minimum absolute atomic E-state index is 0.105. The largest absolute Gasteiger partial charge is 0.483 e. The van der Waals surface area contributed by atoms with Crippen molar-refractivity contribution < 1.29 is 29.3 Å². The lowest BCUT2D eigenvalue weighted by Crippen LogP contribution is -2.58. The Morgan fingerprint density at radius 2 is 1.42 bits per heavy atom. The maximum atomic E-state index is 13.7. The topological polar surface area (TPSA) is 150 Å². The first-order chi connectivity index (χ1) is 23.8. The van der Waals surface area contributed by atoms with Gasteiger partial charge in [-0.1, -0.05) is 99.6 Å². The molecule has 0 spiro atoms. The number of hydrogen-bond acceptors (Lipinski definition) is 6. The van der Waals surface area contributed by atoms with Crippen LogP contribution in [0.5, 0.6) is 5.75 Å². The first-order valence-corrected chi connectivity index (χ1v) is 16.8. The minimum atomic E-state index is -1.32. The quantitative estimate of drug-likeness (QED) is 0.109. The molecule has 0 aliphatic carbocycles. The van der Waals surface area contributed by atoms with Gasteiger partial charge in [0.25, 0.3) is 5.91 Å². The van der Waals surface area contributed by atoms with E-state index >= 15 is 0 Å². The number of amides is 3. The molecule has 50 heavy (non-hydrogen) atoms. The molecule has 1 heterocycles. The van der Waals surface area contributed by atoms with Gasteiger partial charge in [-0.15, -0.1) is 0 Å². The Labute approximate surface area is 294 Å². The van der Waals surface area contributed by atoms with Gasteiger partial charge in [-0.2, -0.15) is 0 Å². The third kappa shape index (κ3) is 11.2. The van der Waals surface area contributed by atoms with Gasteiger partial charge in [0.2, 0.25) is 5.91 Å². The van der Waals surface area contributed by atoms with E-state index in [0.717, 1.165) is 33.5 Å². The zero-order valence-corrected chi connectivity index (χ0v) is 29.4. The van der Waals surface area contributed by atoms with Gasteiger partial charge in [-0.05, 0) is 72.9 Å². The summed E-state index contributed by atoms with van der Waals surface area (Å²) >= 11 is 0. The predicted molar refractivity (Wildman–Crippen MR) is 194 cm³/mol. The Bertz CT molecular complexity index is 1690. The molecule has 10 nitrogen and oxygen atoms in total. The van der Waals surface area contributed by atoms with Crippen LogP contribution in [0.2, 0.25) is 0 Å². The van der Waals surface area contributed by atoms with Crippen molar-refractivity contribution in [2.45, 2.75) is 78.1 Å². The molecule has 0 bridgehead atoms. The second kappa shape index (κ2) is 17.4. The van der Waals surface area contributed by atoms with Crippen LogP contribution in [-0.4, -0.2) is 63.9 Å². The zero-order valence-electron chi connectivity index (χ0n) is 29.4. The Hall–Kier alpha value is -5.22. The molecule has 4 atom stereocenters. The summed E-state index contributed by atoms with van der Waals surface area (Å²) in [6, 6.07) is 26.4. The van der Waals surface area contributed by atoms with E-state index in [1.54, 1.807) is 27.0 Å². The summed E-state index contributed by atoms with van der Waals surface area (Å²) in [6.07, 6.45) is 0.0683. The molecular weight excluding hydrogens is 632 g/mol. The molecule has 0 fully saturated rings. The minimum Gasteiger partial charge on any atom is -0.483 e. The number of nitrogens with zero attached hydrogens (tertiary/aromatic N) is 1. The SMILES string of the molecule is Cc1cccc(C)c1OCC(=O)N[C@@H](Cc1ccccc1)C[C@@H](O)[C@H](Cc1ccc(-c2ccccn2)cc1)NC(=O)[C@@H](NC(=O)O)C(C)(C)C. The van der Waals surface area contributed by atoms with Gasteiger partial charge in [0.05, 0.1) is 17.8 Å². The Balaban J connectivity index is 1.57. The number of pyridine rings is 1. The fraction of sp³-hybridized carbons (Fsp3) is 0.350. The predicted octanol–water partition coefficient (Wildman–Crippen LogP) is 5.63. The third-order valence-corrected chi connectivity index (χ3v) is 8.53. The number of aryl methyl sites for hydroxylation is 2. The van der Waals surface area contributed by atoms with Crippen molar-refractivity contribution in [3.63, 3.8) is 0 Å². The van der Waals surface area contributed by atoms with Crippen LogP contribution in [0.25, 0.3) is 11.3 Å². The average molecular weight is 681 g/mol. The van der Waals surface area contributed by atoms with Crippen LogP contribution in [0.15, 0.2) is 97.2 Å². The standard InChI is InChI=1S/C40H48N4O6/c1-26-12-11-13-27(2)36(26)50-25-35(46)42-31(22-28-14-7-6-8-15-28)24-34(45)33(43-38(47)37(40(3,4)5)44-39(48)49)23-29-17-19-30(20-18-29)32-16-9-10-21-41-32/h6-21,31,33-34,37,44-45H,22-25H2,1-5H3,(H,42,46)(H,43,47)(H,48,49)/t31-,33-,34+,37+/m0/s1. The van der Waals surface area contributed by atoms with Crippen molar-refractivity contribution in [1.29, 1.82) is 0 Å². The number of carbonyl (C=O) groups is 3. The lowest BCUT2D eigenvalue weighted by atomic mass is 9.85. The molecule has 0 aliphatic rings. The zero-order chi connectivity index (χ0) is 36.3. The molecule has 3 aromatic carbocycles. The maximum absolute atomic E-state index is 13.7. The first-order valence-electron chi connectivity index (χ1n) is 16.8. The van der Waals surface area contributed by atoms with E-state index in [-0.39, 0.29) is 25.4 Å². The fourth-order valence-corrected chi connectivity index (χ4v) is 5.93. The molecule has 4 rings (SSSR count). The number of nitrogens with one attached hydrogen (secondary N) is 3. The molecule has 10 heteroatoms.